The molecule has 1 aromatic carbocycles. The van der Waals surface area contributed by atoms with Crippen LogP contribution in [-0.2, 0) is 9.53 Å². The molecule has 0 aliphatic carbocycles. The average Bonchev–Trinajstić information content (AvgIpc) is 2.40. The van der Waals surface area contributed by atoms with Gasteiger partial charge in [0.15, 0.2) is 0 Å². The lowest BCUT2D eigenvalue weighted by Gasteiger charge is -2.08. The first-order valence-electron chi connectivity index (χ1n) is 6.33. The normalized spacial score (nSPS) is 10.1. The second-order valence-electron chi connectivity index (χ2n) is 4.38. The van der Waals surface area contributed by atoms with Crippen molar-refractivity contribution in [2.75, 3.05) is 18.5 Å². The zero-order chi connectivity index (χ0) is 15.0. The number of rotatable bonds is 5. The van der Waals surface area contributed by atoms with E-state index in [4.69, 9.17) is 9.84 Å². The summed E-state index contributed by atoms with van der Waals surface area (Å²) in [6.07, 6.45) is 0.243. The molecule has 0 bridgehead atoms. The largest absolute Gasteiger partial charge is 0.395 e. The molecule has 0 heterocycles. The summed E-state index contributed by atoms with van der Waals surface area (Å²) in [6.45, 7) is 3.54. The van der Waals surface area contributed by atoms with Gasteiger partial charge in [-0.2, -0.15) is 0 Å². The van der Waals surface area contributed by atoms with Crippen molar-refractivity contribution >= 4 is 11.6 Å². The van der Waals surface area contributed by atoms with Gasteiger partial charge in [0.25, 0.3) is 0 Å². The van der Waals surface area contributed by atoms with Crippen LogP contribution in [0.5, 0.6) is 0 Å². The van der Waals surface area contributed by atoms with Crippen molar-refractivity contribution in [1.29, 1.82) is 0 Å². The number of amides is 1. The van der Waals surface area contributed by atoms with Crippen molar-refractivity contribution < 1.29 is 19.0 Å². The van der Waals surface area contributed by atoms with Gasteiger partial charge in [-0.25, -0.2) is 4.39 Å². The van der Waals surface area contributed by atoms with Gasteiger partial charge in [-0.1, -0.05) is 11.8 Å². The summed E-state index contributed by atoms with van der Waals surface area (Å²) >= 11 is 0. The monoisotopic (exact) mass is 279 g/mol. The Bertz CT molecular complexity index is 518. The van der Waals surface area contributed by atoms with E-state index in [0.29, 0.717) is 5.69 Å². The first-order chi connectivity index (χ1) is 9.52. The summed E-state index contributed by atoms with van der Waals surface area (Å²) in [4.78, 5) is 11.6. The van der Waals surface area contributed by atoms with Crippen molar-refractivity contribution in [2.45, 2.75) is 26.4 Å². The molecule has 0 radical (unpaired) electrons. The Morgan fingerprint density at radius 1 is 1.50 bits per heavy atom. The van der Waals surface area contributed by atoms with E-state index in [1.807, 2.05) is 13.8 Å². The molecule has 0 saturated carbocycles. The highest BCUT2D eigenvalue weighted by Crippen LogP contribution is 2.14. The van der Waals surface area contributed by atoms with Gasteiger partial charge in [-0.3, -0.25) is 4.79 Å². The number of aliphatic hydroxyl groups is 1. The average molecular weight is 279 g/mol. The molecule has 108 valence electrons. The Hall–Kier alpha value is -1.90. The van der Waals surface area contributed by atoms with Gasteiger partial charge < -0.3 is 15.2 Å². The summed E-state index contributed by atoms with van der Waals surface area (Å²) < 4.78 is 18.7. The quantitative estimate of drug-likeness (QED) is 0.810. The van der Waals surface area contributed by atoms with Crippen LogP contribution in [0.15, 0.2) is 18.2 Å². The topological polar surface area (TPSA) is 58.6 Å². The van der Waals surface area contributed by atoms with E-state index in [0.717, 1.165) is 0 Å². The third-order valence-corrected chi connectivity index (χ3v) is 2.26. The Morgan fingerprint density at radius 2 is 2.25 bits per heavy atom. The Labute approximate surface area is 117 Å². The predicted molar refractivity (Wildman–Crippen MR) is 74.7 cm³/mol. The SMILES string of the molecule is CC(C)OCC(=O)Nc1ccc(F)c(C#CCCO)c1. The van der Waals surface area contributed by atoms with Crippen LogP contribution in [0.3, 0.4) is 0 Å². The third kappa shape index (κ3) is 5.83. The maximum Gasteiger partial charge on any atom is 0.250 e. The lowest BCUT2D eigenvalue weighted by molar-refractivity contribution is -0.121. The molecular weight excluding hydrogens is 261 g/mol. The van der Waals surface area contributed by atoms with Crippen LogP contribution in [0.25, 0.3) is 0 Å². The van der Waals surface area contributed by atoms with E-state index in [-0.39, 0.29) is 37.2 Å². The summed E-state index contributed by atoms with van der Waals surface area (Å²) in [6, 6.07) is 4.15. The number of hydrogen-bond acceptors (Lipinski definition) is 3. The minimum absolute atomic E-state index is 0.0334. The molecule has 0 atom stereocenters. The van der Waals surface area contributed by atoms with Gasteiger partial charge in [0.2, 0.25) is 5.91 Å². The highest BCUT2D eigenvalue weighted by Gasteiger charge is 2.06. The van der Waals surface area contributed by atoms with Crippen molar-refractivity contribution in [3.63, 3.8) is 0 Å². The number of carbonyl (C=O) groups excluding carboxylic acids is 1. The minimum Gasteiger partial charge on any atom is -0.395 e. The van der Waals surface area contributed by atoms with Gasteiger partial charge in [0.1, 0.15) is 12.4 Å². The van der Waals surface area contributed by atoms with Crippen LogP contribution in [0, 0.1) is 17.7 Å². The fourth-order valence-corrected chi connectivity index (χ4v) is 1.35. The number of carbonyl (C=O) groups is 1. The predicted octanol–water partition coefficient (Wildman–Crippen LogP) is 1.92. The molecule has 0 unspecified atom stereocenters. The molecule has 4 nitrogen and oxygen atoms in total. The zero-order valence-electron chi connectivity index (χ0n) is 11.6. The fraction of sp³-hybridized carbons (Fsp3) is 0.400. The van der Waals surface area contributed by atoms with E-state index in [1.165, 1.54) is 18.2 Å². The molecule has 0 saturated heterocycles. The van der Waals surface area contributed by atoms with E-state index in [2.05, 4.69) is 17.2 Å². The molecule has 0 aromatic heterocycles. The molecule has 20 heavy (non-hydrogen) atoms. The summed E-state index contributed by atoms with van der Waals surface area (Å²) in [5, 5.41) is 11.2. The molecule has 5 heteroatoms. The lowest BCUT2D eigenvalue weighted by atomic mass is 10.2. The molecule has 0 aliphatic rings. The van der Waals surface area contributed by atoms with Crippen LogP contribution in [0.1, 0.15) is 25.8 Å². The van der Waals surface area contributed by atoms with Gasteiger partial charge in [-0.15, -0.1) is 0 Å². The van der Waals surface area contributed by atoms with Crippen molar-refractivity contribution in [2.24, 2.45) is 0 Å². The van der Waals surface area contributed by atoms with Crippen LogP contribution in [0.4, 0.5) is 10.1 Å². The maximum absolute atomic E-state index is 13.5. The number of benzene rings is 1. The van der Waals surface area contributed by atoms with Crippen molar-refractivity contribution in [3.8, 4) is 11.8 Å². The van der Waals surface area contributed by atoms with Gasteiger partial charge >= 0.3 is 0 Å². The molecule has 1 aromatic rings. The van der Waals surface area contributed by atoms with Gasteiger partial charge in [0.05, 0.1) is 18.3 Å². The number of hydrogen-bond donors (Lipinski definition) is 2. The summed E-state index contributed by atoms with van der Waals surface area (Å²) in [5.41, 5.74) is 0.637. The number of halogens is 1. The zero-order valence-corrected chi connectivity index (χ0v) is 11.6. The molecule has 2 N–H and O–H groups in total. The molecule has 1 rings (SSSR count). The standard InChI is InChI=1S/C15H18FNO3/c1-11(2)20-10-15(19)17-13-6-7-14(16)12(9-13)5-3-4-8-18/h6-7,9,11,18H,4,8,10H2,1-2H3,(H,17,19). The first-order valence-corrected chi connectivity index (χ1v) is 6.33. The maximum atomic E-state index is 13.5. The number of aliphatic hydroxyl groups excluding tert-OH is 1. The van der Waals surface area contributed by atoms with Crippen LogP contribution < -0.4 is 5.32 Å². The summed E-state index contributed by atoms with van der Waals surface area (Å²) in [7, 11) is 0. The fourth-order valence-electron chi connectivity index (χ4n) is 1.35. The lowest BCUT2D eigenvalue weighted by Crippen LogP contribution is -2.20. The number of ether oxygens (including phenoxy) is 1. The van der Waals surface area contributed by atoms with Crippen LogP contribution in [-0.4, -0.2) is 30.3 Å². The van der Waals surface area contributed by atoms with Crippen LogP contribution >= 0.6 is 0 Å². The Morgan fingerprint density at radius 3 is 2.90 bits per heavy atom. The van der Waals surface area contributed by atoms with Gasteiger partial charge in [-0.05, 0) is 32.0 Å². The smallest absolute Gasteiger partial charge is 0.250 e. The Kier molecular flexibility index (Phi) is 6.71. The molecule has 0 fully saturated rings. The molecule has 0 aliphatic heterocycles. The van der Waals surface area contributed by atoms with E-state index < -0.39 is 5.82 Å². The number of nitrogens with one attached hydrogen (secondary N) is 1. The second-order valence-corrected chi connectivity index (χ2v) is 4.38. The Balaban J connectivity index is 2.70. The van der Waals surface area contributed by atoms with Crippen molar-refractivity contribution in [1.82, 2.24) is 0 Å². The molecule has 1 amide bonds. The van der Waals surface area contributed by atoms with E-state index >= 15 is 0 Å². The summed E-state index contributed by atoms with van der Waals surface area (Å²) in [5.74, 6) is 4.47. The highest BCUT2D eigenvalue weighted by molar-refractivity contribution is 5.91. The molecule has 0 spiro atoms. The second kappa shape index (κ2) is 8.31. The first kappa shape index (κ1) is 16.2. The highest BCUT2D eigenvalue weighted by atomic mass is 19.1. The molecular formula is C15H18FNO3. The minimum atomic E-state index is -0.466. The van der Waals surface area contributed by atoms with Crippen LogP contribution in [0.2, 0.25) is 0 Å². The third-order valence-electron chi connectivity index (χ3n) is 2.26. The van der Waals surface area contributed by atoms with Gasteiger partial charge in [0, 0.05) is 12.1 Å². The van der Waals surface area contributed by atoms with E-state index in [9.17, 15) is 9.18 Å². The van der Waals surface area contributed by atoms with E-state index in [1.54, 1.807) is 0 Å². The van der Waals surface area contributed by atoms with Crippen molar-refractivity contribution in [3.05, 3.63) is 29.6 Å². The number of anilines is 1.